The number of fused-ring (bicyclic) bond motifs is 3. The van der Waals surface area contributed by atoms with Gasteiger partial charge in [0.05, 0.1) is 11.7 Å². The smallest absolute Gasteiger partial charge is 0.358 e. The molecule has 5 heterocycles. The molecule has 0 aliphatic carbocycles. The van der Waals surface area contributed by atoms with Crippen LogP contribution in [0, 0.1) is 10.1 Å². The number of thiazole rings is 1. The second kappa shape index (κ2) is 5.16. The van der Waals surface area contributed by atoms with Gasteiger partial charge in [0, 0.05) is 24.7 Å². The molecule has 128 valence electrons. The minimum atomic E-state index is -0.318. The highest BCUT2D eigenvalue weighted by Crippen LogP contribution is 2.44. The summed E-state index contributed by atoms with van der Waals surface area (Å²) in [5.41, 5.74) is 2.39. The second-order valence-electron chi connectivity index (χ2n) is 6.51. The van der Waals surface area contributed by atoms with Crippen LogP contribution in [-0.4, -0.2) is 36.2 Å². The topological polar surface area (TPSA) is 81.5 Å². The van der Waals surface area contributed by atoms with Gasteiger partial charge in [0.2, 0.25) is 5.82 Å². The van der Waals surface area contributed by atoms with E-state index in [2.05, 4.69) is 21.1 Å². The lowest BCUT2D eigenvalue weighted by Crippen LogP contribution is -2.39. The number of nitrogens with zero attached hydrogens (tertiary/aromatic N) is 6. The summed E-state index contributed by atoms with van der Waals surface area (Å²) in [5.74, 6) is 0.579. The zero-order valence-corrected chi connectivity index (χ0v) is 14.4. The number of aromatic nitrogens is 4. The first-order valence-electron chi connectivity index (χ1n) is 8.21. The van der Waals surface area contributed by atoms with Gasteiger partial charge in [-0.2, -0.15) is 14.5 Å². The van der Waals surface area contributed by atoms with Crippen molar-refractivity contribution in [2.45, 2.75) is 31.3 Å². The number of nitro groups is 1. The summed E-state index contributed by atoms with van der Waals surface area (Å²) in [6.07, 6.45) is 8.63. The Morgan fingerprint density at radius 2 is 2.28 bits per heavy atom. The molecule has 0 radical (unpaired) electrons. The molecule has 25 heavy (non-hydrogen) atoms. The van der Waals surface area contributed by atoms with E-state index in [-0.39, 0.29) is 22.8 Å². The molecule has 3 aromatic heterocycles. The molecule has 1 fully saturated rings. The van der Waals surface area contributed by atoms with Crippen molar-refractivity contribution < 1.29 is 4.92 Å². The van der Waals surface area contributed by atoms with Crippen LogP contribution >= 0.6 is 11.3 Å². The van der Waals surface area contributed by atoms with Crippen LogP contribution in [0.15, 0.2) is 29.9 Å². The maximum Gasteiger partial charge on any atom is 0.373 e. The van der Waals surface area contributed by atoms with Crippen molar-refractivity contribution in [1.82, 2.24) is 19.2 Å². The van der Waals surface area contributed by atoms with Crippen molar-refractivity contribution in [3.05, 3.63) is 45.7 Å². The van der Waals surface area contributed by atoms with Gasteiger partial charge in [0.15, 0.2) is 0 Å². The summed E-state index contributed by atoms with van der Waals surface area (Å²) in [4.78, 5) is 18.7. The van der Waals surface area contributed by atoms with Gasteiger partial charge in [-0.25, -0.2) is 0 Å². The summed E-state index contributed by atoms with van der Waals surface area (Å²) in [6, 6.07) is 2.41. The first kappa shape index (κ1) is 14.6. The van der Waals surface area contributed by atoms with E-state index < -0.39 is 0 Å². The van der Waals surface area contributed by atoms with Gasteiger partial charge in [-0.15, -0.1) is 0 Å². The Bertz CT molecular complexity index is 1020. The fraction of sp³-hybridized carbons (Fsp3) is 0.375. The number of aryl methyl sites for hydroxylation is 1. The van der Waals surface area contributed by atoms with E-state index in [9.17, 15) is 10.1 Å². The lowest BCUT2D eigenvalue weighted by atomic mass is 9.98. The zero-order chi connectivity index (χ0) is 17.1. The minimum absolute atomic E-state index is 0.0746. The average molecular weight is 356 g/mol. The highest BCUT2D eigenvalue weighted by Gasteiger charge is 2.42. The summed E-state index contributed by atoms with van der Waals surface area (Å²) in [7, 11) is 1.94. The van der Waals surface area contributed by atoms with Crippen LogP contribution in [0.1, 0.15) is 25.0 Å². The van der Waals surface area contributed by atoms with Crippen LogP contribution < -0.4 is 4.90 Å². The molecule has 1 saturated heterocycles. The number of rotatable bonds is 3. The van der Waals surface area contributed by atoms with Crippen molar-refractivity contribution in [1.29, 1.82) is 0 Å². The summed E-state index contributed by atoms with van der Waals surface area (Å²) in [5, 5.41) is 17.7. The molecule has 2 atom stereocenters. The quantitative estimate of drug-likeness (QED) is 0.532. The molecular formula is C16H16N6O2S. The minimum Gasteiger partial charge on any atom is -0.358 e. The van der Waals surface area contributed by atoms with Crippen LogP contribution in [0.3, 0.4) is 0 Å². The predicted molar refractivity (Wildman–Crippen MR) is 94.8 cm³/mol. The maximum absolute atomic E-state index is 11.7. The molecular weight excluding hydrogens is 340 g/mol. The SMILES string of the molecule is Cn1nccc1C1=CC2CCC(C1)N2c1nc2sccn2c1[N+](=O)[O-]. The van der Waals surface area contributed by atoms with Crippen molar-refractivity contribution in [2.24, 2.45) is 7.05 Å². The Hall–Kier alpha value is -2.68. The first-order chi connectivity index (χ1) is 12.1. The fourth-order valence-electron chi connectivity index (χ4n) is 4.14. The van der Waals surface area contributed by atoms with Gasteiger partial charge in [-0.05, 0) is 35.8 Å². The molecule has 2 aliphatic heterocycles. The number of anilines is 1. The van der Waals surface area contributed by atoms with E-state index >= 15 is 0 Å². The Morgan fingerprint density at radius 3 is 3.00 bits per heavy atom. The van der Waals surface area contributed by atoms with E-state index in [1.54, 1.807) is 16.8 Å². The number of hydrogen-bond donors (Lipinski definition) is 0. The van der Waals surface area contributed by atoms with Gasteiger partial charge in [0.1, 0.15) is 6.20 Å². The molecule has 2 aliphatic rings. The maximum atomic E-state index is 11.7. The molecule has 0 spiro atoms. The van der Waals surface area contributed by atoms with E-state index in [0.29, 0.717) is 10.8 Å². The van der Waals surface area contributed by atoms with Crippen molar-refractivity contribution in [3.63, 3.8) is 0 Å². The van der Waals surface area contributed by atoms with Crippen LogP contribution in [0.4, 0.5) is 11.6 Å². The van der Waals surface area contributed by atoms with E-state index in [0.717, 1.165) is 25.0 Å². The fourth-order valence-corrected chi connectivity index (χ4v) is 4.85. The number of hydrogen-bond acceptors (Lipinski definition) is 6. The van der Waals surface area contributed by atoms with E-state index in [4.69, 9.17) is 0 Å². The van der Waals surface area contributed by atoms with Gasteiger partial charge < -0.3 is 15.0 Å². The third kappa shape index (κ3) is 2.05. The van der Waals surface area contributed by atoms with Gasteiger partial charge in [-0.1, -0.05) is 17.4 Å². The lowest BCUT2D eigenvalue weighted by molar-refractivity contribution is -0.389. The Balaban J connectivity index is 1.60. The molecule has 9 heteroatoms. The molecule has 2 unspecified atom stereocenters. The molecule has 0 saturated carbocycles. The van der Waals surface area contributed by atoms with Crippen LogP contribution in [0.2, 0.25) is 0 Å². The van der Waals surface area contributed by atoms with Crippen LogP contribution in [-0.2, 0) is 7.05 Å². The second-order valence-corrected chi connectivity index (χ2v) is 7.39. The standard InChI is InChI=1S/C16H16N6O2S/c1-19-13(4-5-17-19)10-8-11-2-3-12(9-10)21(11)14-15(22(23)24)20-6-7-25-16(20)18-14/h4-8,11-12H,2-3,9H2,1H3. The molecule has 0 N–H and O–H groups in total. The average Bonchev–Trinajstić information content (AvgIpc) is 3.29. The predicted octanol–water partition coefficient (Wildman–Crippen LogP) is 2.86. The number of imidazole rings is 1. The van der Waals surface area contributed by atoms with Gasteiger partial charge >= 0.3 is 5.82 Å². The Kier molecular flexibility index (Phi) is 3.02. The monoisotopic (exact) mass is 356 g/mol. The zero-order valence-electron chi connectivity index (χ0n) is 13.6. The summed E-state index contributed by atoms with van der Waals surface area (Å²) in [6.45, 7) is 0. The summed E-state index contributed by atoms with van der Waals surface area (Å²) >= 11 is 1.42. The lowest BCUT2D eigenvalue weighted by Gasteiger charge is -2.33. The summed E-state index contributed by atoms with van der Waals surface area (Å²) < 4.78 is 3.47. The highest BCUT2D eigenvalue weighted by molar-refractivity contribution is 7.15. The van der Waals surface area contributed by atoms with Crippen molar-refractivity contribution in [3.8, 4) is 0 Å². The molecule has 5 rings (SSSR count). The highest BCUT2D eigenvalue weighted by atomic mass is 32.1. The van der Waals surface area contributed by atoms with Crippen molar-refractivity contribution >= 4 is 33.5 Å². The van der Waals surface area contributed by atoms with E-state index in [1.165, 1.54) is 16.9 Å². The Labute approximate surface area is 147 Å². The normalized spacial score (nSPS) is 22.6. The molecule has 0 aromatic carbocycles. The molecule has 2 bridgehead atoms. The van der Waals surface area contributed by atoms with Gasteiger partial charge in [-0.3, -0.25) is 4.68 Å². The van der Waals surface area contributed by atoms with Crippen LogP contribution in [0.25, 0.3) is 10.5 Å². The molecule has 3 aromatic rings. The van der Waals surface area contributed by atoms with Gasteiger partial charge in [0.25, 0.3) is 4.96 Å². The third-order valence-electron chi connectivity index (χ3n) is 5.18. The van der Waals surface area contributed by atoms with E-state index in [1.807, 2.05) is 23.2 Å². The third-order valence-corrected chi connectivity index (χ3v) is 5.94. The Morgan fingerprint density at radius 1 is 1.40 bits per heavy atom. The molecule has 8 nitrogen and oxygen atoms in total. The molecule has 0 amide bonds. The largest absolute Gasteiger partial charge is 0.373 e. The first-order valence-corrected chi connectivity index (χ1v) is 9.09. The van der Waals surface area contributed by atoms with Crippen LogP contribution in [0.5, 0.6) is 0 Å². The van der Waals surface area contributed by atoms with Crippen molar-refractivity contribution in [2.75, 3.05) is 4.90 Å².